The summed E-state index contributed by atoms with van der Waals surface area (Å²) in [4.78, 5) is 14.5. The number of nitrogens with one attached hydrogen (secondary N) is 1. The number of likely N-dealkylation sites (tertiary alicyclic amines) is 1. The van der Waals surface area contributed by atoms with Gasteiger partial charge in [-0.15, -0.1) is 0 Å². The highest BCUT2D eigenvalue weighted by Crippen LogP contribution is 2.44. The minimum atomic E-state index is -0.156. The third-order valence-corrected chi connectivity index (χ3v) is 6.23. The molecule has 0 spiro atoms. The van der Waals surface area contributed by atoms with Gasteiger partial charge in [0.1, 0.15) is 5.82 Å². The van der Waals surface area contributed by atoms with Crippen molar-refractivity contribution in [1.29, 1.82) is 0 Å². The van der Waals surface area contributed by atoms with E-state index in [1.807, 2.05) is 12.1 Å². The Morgan fingerprint density at radius 1 is 1.20 bits per heavy atom. The Labute approximate surface area is 149 Å². The molecule has 1 N–H and O–H groups in total. The van der Waals surface area contributed by atoms with E-state index in [2.05, 4.69) is 22.4 Å². The molecule has 3 aliphatic rings. The van der Waals surface area contributed by atoms with E-state index in [0.29, 0.717) is 42.3 Å². The first kappa shape index (κ1) is 16.8. The zero-order valence-electron chi connectivity index (χ0n) is 14.7. The van der Waals surface area contributed by atoms with E-state index in [9.17, 15) is 9.18 Å². The monoisotopic (exact) mass is 342 g/mol. The molecule has 2 bridgehead atoms. The Morgan fingerprint density at radius 3 is 2.84 bits per heavy atom. The van der Waals surface area contributed by atoms with Gasteiger partial charge in [0.15, 0.2) is 0 Å². The maximum absolute atomic E-state index is 13.6. The number of allylic oxidation sites excluding steroid dienone is 2. The predicted molar refractivity (Wildman–Crippen MR) is 96.3 cm³/mol. The van der Waals surface area contributed by atoms with Gasteiger partial charge in [0.05, 0.1) is 0 Å². The van der Waals surface area contributed by atoms with Crippen LogP contribution in [0, 0.1) is 23.6 Å². The van der Waals surface area contributed by atoms with Crippen LogP contribution in [0.3, 0.4) is 0 Å². The fourth-order valence-corrected chi connectivity index (χ4v) is 4.83. The van der Waals surface area contributed by atoms with Crippen LogP contribution in [0.15, 0.2) is 36.4 Å². The van der Waals surface area contributed by atoms with Crippen molar-refractivity contribution in [1.82, 2.24) is 10.2 Å². The molecule has 134 valence electrons. The molecule has 4 rings (SSSR count). The summed E-state index contributed by atoms with van der Waals surface area (Å²) >= 11 is 0. The molecular weight excluding hydrogens is 315 g/mol. The molecule has 4 atom stereocenters. The van der Waals surface area contributed by atoms with E-state index in [4.69, 9.17) is 0 Å². The molecule has 4 heteroatoms. The first-order valence-electron chi connectivity index (χ1n) is 9.62. The summed E-state index contributed by atoms with van der Waals surface area (Å²) in [5, 5.41) is 3.34. The minimum Gasteiger partial charge on any atom is -0.339 e. The predicted octanol–water partition coefficient (Wildman–Crippen LogP) is 3.51. The van der Waals surface area contributed by atoms with Gasteiger partial charge >= 0.3 is 0 Å². The molecular formula is C21H27FN2O. The molecule has 2 aliphatic carbocycles. The van der Waals surface area contributed by atoms with Crippen LogP contribution in [0.4, 0.5) is 4.39 Å². The Bertz CT molecular complexity index is 659. The molecule has 3 nitrogen and oxygen atoms in total. The lowest BCUT2D eigenvalue weighted by molar-refractivity contribution is -0.129. The molecule has 0 radical (unpaired) electrons. The smallest absolute Gasteiger partial charge is 0.222 e. The Morgan fingerprint density at radius 2 is 2.08 bits per heavy atom. The van der Waals surface area contributed by atoms with Gasteiger partial charge in [-0.1, -0.05) is 30.4 Å². The fourth-order valence-electron chi connectivity index (χ4n) is 4.83. The molecule has 1 amide bonds. The van der Waals surface area contributed by atoms with Gasteiger partial charge in [-0.05, 0) is 56.0 Å². The van der Waals surface area contributed by atoms with Crippen LogP contribution in [0.25, 0.3) is 0 Å². The maximum atomic E-state index is 13.6. The number of fused-ring (bicyclic) bond motifs is 2. The lowest BCUT2D eigenvalue weighted by Gasteiger charge is -2.30. The van der Waals surface area contributed by atoms with Crippen molar-refractivity contribution in [2.75, 3.05) is 13.1 Å². The Hall–Kier alpha value is -1.68. The number of benzene rings is 1. The zero-order chi connectivity index (χ0) is 17.2. The number of carbonyl (C=O) groups excluding carboxylic acids is 1. The quantitative estimate of drug-likeness (QED) is 0.607. The fraction of sp³-hybridized carbons (Fsp3) is 0.571. The lowest BCUT2D eigenvalue weighted by Crippen LogP contribution is -2.39. The zero-order valence-corrected chi connectivity index (χ0v) is 14.7. The van der Waals surface area contributed by atoms with Gasteiger partial charge in [-0.3, -0.25) is 4.79 Å². The second-order valence-corrected chi connectivity index (χ2v) is 7.84. The summed E-state index contributed by atoms with van der Waals surface area (Å²) in [6.07, 6.45) is 9.88. The highest BCUT2D eigenvalue weighted by Gasteiger charge is 2.39. The summed E-state index contributed by atoms with van der Waals surface area (Å²) in [5.41, 5.74) is 0.704. The normalized spacial score (nSPS) is 30.6. The molecule has 1 unspecified atom stereocenters. The molecule has 1 aromatic rings. The van der Waals surface area contributed by atoms with Crippen LogP contribution in [0.1, 0.15) is 37.7 Å². The van der Waals surface area contributed by atoms with E-state index in [1.165, 1.54) is 18.9 Å². The highest BCUT2D eigenvalue weighted by molar-refractivity contribution is 5.78. The van der Waals surface area contributed by atoms with Crippen LogP contribution in [-0.4, -0.2) is 29.9 Å². The highest BCUT2D eigenvalue weighted by atomic mass is 19.1. The van der Waals surface area contributed by atoms with E-state index >= 15 is 0 Å². The number of carbonyl (C=O) groups is 1. The first-order chi connectivity index (χ1) is 12.2. The molecule has 1 saturated heterocycles. The second kappa shape index (κ2) is 7.28. The topological polar surface area (TPSA) is 32.3 Å². The van der Waals surface area contributed by atoms with Crippen molar-refractivity contribution in [3.8, 4) is 0 Å². The summed E-state index contributed by atoms with van der Waals surface area (Å²) < 4.78 is 13.6. The van der Waals surface area contributed by atoms with Crippen molar-refractivity contribution in [2.24, 2.45) is 17.8 Å². The third-order valence-electron chi connectivity index (χ3n) is 6.23. The van der Waals surface area contributed by atoms with Gasteiger partial charge in [-0.2, -0.15) is 0 Å². The molecule has 1 aromatic carbocycles. The van der Waals surface area contributed by atoms with Gasteiger partial charge in [0, 0.05) is 31.1 Å². The SMILES string of the molecule is O=C1CCC(CCNCc2ccccc2F)N1C[C@H]1C[C@@H]2C=C[C@H]1C2. The van der Waals surface area contributed by atoms with E-state index in [1.54, 1.807) is 6.07 Å². The lowest BCUT2D eigenvalue weighted by atomic mass is 9.92. The van der Waals surface area contributed by atoms with Gasteiger partial charge in [0.25, 0.3) is 0 Å². The van der Waals surface area contributed by atoms with Gasteiger partial charge < -0.3 is 10.2 Å². The number of halogens is 1. The molecule has 25 heavy (non-hydrogen) atoms. The van der Waals surface area contributed by atoms with Crippen LogP contribution >= 0.6 is 0 Å². The number of amides is 1. The van der Waals surface area contributed by atoms with Crippen molar-refractivity contribution < 1.29 is 9.18 Å². The average molecular weight is 342 g/mol. The number of hydrogen-bond acceptors (Lipinski definition) is 2. The van der Waals surface area contributed by atoms with E-state index in [0.717, 1.165) is 31.8 Å². The summed E-state index contributed by atoms with van der Waals surface area (Å²) in [7, 11) is 0. The van der Waals surface area contributed by atoms with Crippen LogP contribution in [0.2, 0.25) is 0 Å². The summed E-state index contributed by atoms with van der Waals surface area (Å²) in [5.74, 6) is 2.28. The Balaban J connectivity index is 1.26. The summed E-state index contributed by atoms with van der Waals surface area (Å²) in [6.45, 7) is 2.30. The van der Waals surface area contributed by atoms with Crippen LogP contribution in [0.5, 0.6) is 0 Å². The standard InChI is InChI=1S/C21H27FN2O/c22-20-4-2-1-3-17(20)13-23-10-9-19-7-8-21(25)24(19)14-18-12-15-5-6-16(18)11-15/h1-6,15-16,18-19,23H,7-14H2/t15-,16+,18-,19?/m1/s1. The van der Waals surface area contributed by atoms with Gasteiger partial charge in [0.2, 0.25) is 5.91 Å². The first-order valence-corrected chi connectivity index (χ1v) is 9.62. The van der Waals surface area contributed by atoms with Crippen molar-refractivity contribution in [2.45, 2.75) is 44.7 Å². The van der Waals surface area contributed by atoms with E-state index in [-0.39, 0.29) is 5.82 Å². The molecule has 1 aliphatic heterocycles. The Kier molecular flexibility index (Phi) is 4.89. The number of hydrogen-bond donors (Lipinski definition) is 1. The van der Waals surface area contributed by atoms with Crippen molar-refractivity contribution >= 4 is 5.91 Å². The van der Waals surface area contributed by atoms with Crippen LogP contribution < -0.4 is 5.32 Å². The van der Waals surface area contributed by atoms with Gasteiger partial charge in [-0.25, -0.2) is 4.39 Å². The molecule has 1 heterocycles. The molecule has 0 aromatic heterocycles. The number of nitrogens with zero attached hydrogens (tertiary/aromatic N) is 1. The van der Waals surface area contributed by atoms with E-state index < -0.39 is 0 Å². The third kappa shape index (κ3) is 3.64. The number of rotatable bonds is 7. The van der Waals surface area contributed by atoms with Crippen LogP contribution in [-0.2, 0) is 11.3 Å². The molecule has 2 fully saturated rings. The largest absolute Gasteiger partial charge is 0.339 e. The molecule has 1 saturated carbocycles. The minimum absolute atomic E-state index is 0.156. The van der Waals surface area contributed by atoms with Crippen molar-refractivity contribution in [3.63, 3.8) is 0 Å². The maximum Gasteiger partial charge on any atom is 0.222 e. The summed E-state index contributed by atoms with van der Waals surface area (Å²) in [6, 6.07) is 7.24. The van der Waals surface area contributed by atoms with Crippen molar-refractivity contribution in [3.05, 3.63) is 47.8 Å². The average Bonchev–Trinajstić information content (AvgIpc) is 3.31. The second-order valence-electron chi connectivity index (χ2n) is 7.84.